The zero-order chi connectivity index (χ0) is 22.3. The average Bonchev–Trinajstić information content (AvgIpc) is 3.33. The summed E-state index contributed by atoms with van der Waals surface area (Å²) in [4.78, 5) is 5.20. The number of halogens is 3. The number of benzene rings is 1. The van der Waals surface area contributed by atoms with Gasteiger partial charge in [-0.25, -0.2) is 4.98 Å². The van der Waals surface area contributed by atoms with Gasteiger partial charge in [0.05, 0.1) is 22.1 Å². The molecule has 1 saturated heterocycles. The molecule has 2 heterocycles. The fraction of sp³-hybridized carbons (Fsp3) is 0.458. The highest BCUT2D eigenvalue weighted by Gasteiger charge is 2.37. The highest BCUT2D eigenvalue weighted by atomic mass is 35.5. The van der Waals surface area contributed by atoms with Crippen molar-refractivity contribution in [1.29, 1.82) is 0 Å². The van der Waals surface area contributed by atoms with Crippen LogP contribution >= 0.6 is 46.6 Å². The Labute approximate surface area is 204 Å². The Morgan fingerprint density at radius 3 is 2.58 bits per heavy atom. The summed E-state index contributed by atoms with van der Waals surface area (Å²) >= 11 is 21.0. The molecule has 7 heteroatoms. The Balaban J connectivity index is 1.83. The van der Waals surface area contributed by atoms with E-state index in [1.54, 1.807) is 6.07 Å². The minimum atomic E-state index is 0.144. The van der Waals surface area contributed by atoms with Crippen LogP contribution in [0.1, 0.15) is 56.9 Å². The maximum atomic E-state index is 6.64. The van der Waals surface area contributed by atoms with Gasteiger partial charge in [0.25, 0.3) is 0 Å². The minimum Gasteiger partial charge on any atom is -0.320 e. The van der Waals surface area contributed by atoms with Crippen molar-refractivity contribution in [2.45, 2.75) is 57.2 Å². The maximum absolute atomic E-state index is 6.64. The molecule has 31 heavy (non-hydrogen) atoms. The predicted octanol–water partition coefficient (Wildman–Crippen LogP) is 7.79. The first-order chi connectivity index (χ1) is 14.7. The largest absolute Gasteiger partial charge is 0.320 e. The lowest BCUT2D eigenvalue weighted by Crippen LogP contribution is -2.26. The van der Waals surface area contributed by atoms with Gasteiger partial charge in [-0.05, 0) is 42.5 Å². The molecule has 2 aromatic rings. The quantitative estimate of drug-likeness (QED) is 0.468. The van der Waals surface area contributed by atoms with Gasteiger partial charge in [0.15, 0.2) is 0 Å². The molecule has 2 aliphatic rings. The van der Waals surface area contributed by atoms with Crippen molar-refractivity contribution in [3.8, 4) is 11.4 Å². The first-order valence-corrected chi connectivity index (χ1v) is 12.8. The van der Waals surface area contributed by atoms with E-state index in [1.165, 1.54) is 5.69 Å². The normalized spacial score (nSPS) is 24.0. The van der Waals surface area contributed by atoms with E-state index in [0.29, 0.717) is 15.3 Å². The van der Waals surface area contributed by atoms with Crippen molar-refractivity contribution >= 4 is 46.6 Å². The SMILES string of the molecule is CCc1c(C2NCC(C(C)(C)C)S2)nc(-c2ccc(Cl)cc2Cl)n1C1C=CC(Cl)=CC1. The molecule has 4 rings (SSSR count). The van der Waals surface area contributed by atoms with Crippen LogP contribution in [0.5, 0.6) is 0 Å². The Bertz CT molecular complexity index is 1040. The highest BCUT2D eigenvalue weighted by molar-refractivity contribution is 8.00. The monoisotopic (exact) mass is 495 g/mol. The second kappa shape index (κ2) is 9.15. The van der Waals surface area contributed by atoms with Crippen LogP contribution in [-0.2, 0) is 6.42 Å². The number of aromatic nitrogens is 2. The fourth-order valence-electron chi connectivity index (χ4n) is 4.18. The third kappa shape index (κ3) is 4.74. The summed E-state index contributed by atoms with van der Waals surface area (Å²) in [6, 6.07) is 5.77. The second-order valence-electron chi connectivity index (χ2n) is 9.15. The second-order valence-corrected chi connectivity index (χ2v) is 11.7. The topological polar surface area (TPSA) is 29.9 Å². The standard InChI is InChI=1S/C24H28Cl3N3S/c1-5-19-21(23-28-13-20(31-23)24(2,3)4)29-22(17-11-8-15(26)12-18(17)27)30(19)16-9-6-14(25)7-10-16/h6-9,11-12,16,20,23,28H,5,10,13H2,1-4H3. The van der Waals surface area contributed by atoms with Crippen LogP contribution in [0.4, 0.5) is 0 Å². The summed E-state index contributed by atoms with van der Waals surface area (Å²) in [5.41, 5.74) is 3.48. The third-order valence-corrected chi connectivity index (χ3v) is 8.61. The maximum Gasteiger partial charge on any atom is 0.142 e. The highest BCUT2D eigenvalue weighted by Crippen LogP contribution is 2.45. The van der Waals surface area contributed by atoms with E-state index >= 15 is 0 Å². The van der Waals surface area contributed by atoms with Crippen molar-refractivity contribution in [3.63, 3.8) is 0 Å². The number of allylic oxidation sites excluding steroid dienone is 4. The van der Waals surface area contributed by atoms with Crippen LogP contribution in [0, 0.1) is 5.41 Å². The molecule has 0 radical (unpaired) electrons. The van der Waals surface area contributed by atoms with E-state index < -0.39 is 0 Å². The van der Waals surface area contributed by atoms with Crippen LogP contribution in [-0.4, -0.2) is 21.3 Å². The molecular weight excluding hydrogens is 469 g/mol. The molecule has 3 atom stereocenters. The van der Waals surface area contributed by atoms with Crippen molar-refractivity contribution in [3.05, 3.63) is 62.9 Å². The lowest BCUT2D eigenvalue weighted by molar-refractivity contribution is 0.393. The smallest absolute Gasteiger partial charge is 0.142 e. The van der Waals surface area contributed by atoms with Gasteiger partial charge in [-0.15, -0.1) is 11.8 Å². The lowest BCUT2D eigenvalue weighted by atomic mass is 9.92. The van der Waals surface area contributed by atoms with Gasteiger partial charge >= 0.3 is 0 Å². The zero-order valence-electron chi connectivity index (χ0n) is 18.3. The molecule has 166 valence electrons. The van der Waals surface area contributed by atoms with E-state index in [2.05, 4.69) is 49.7 Å². The molecule has 3 nitrogen and oxygen atoms in total. The molecule has 0 spiro atoms. The number of nitrogens with zero attached hydrogens (tertiary/aromatic N) is 2. The Kier molecular flexibility index (Phi) is 6.86. The third-order valence-electron chi connectivity index (χ3n) is 5.91. The summed E-state index contributed by atoms with van der Waals surface area (Å²) in [7, 11) is 0. The van der Waals surface area contributed by atoms with E-state index in [9.17, 15) is 0 Å². The molecule has 0 saturated carbocycles. The molecule has 1 aromatic heterocycles. The summed E-state index contributed by atoms with van der Waals surface area (Å²) in [5.74, 6) is 0.885. The minimum absolute atomic E-state index is 0.144. The number of rotatable bonds is 4. The van der Waals surface area contributed by atoms with Crippen LogP contribution in [0.15, 0.2) is 41.5 Å². The molecular formula is C24H28Cl3N3S. The first kappa shape index (κ1) is 23.3. The summed E-state index contributed by atoms with van der Waals surface area (Å²) in [6.45, 7) is 10.1. The lowest BCUT2D eigenvalue weighted by Gasteiger charge is -2.25. The Hall–Kier alpha value is -0.910. The number of hydrogen-bond acceptors (Lipinski definition) is 3. The predicted molar refractivity (Wildman–Crippen MR) is 135 cm³/mol. The number of nitrogens with one attached hydrogen (secondary N) is 1. The number of thioether (sulfide) groups is 1. The average molecular weight is 497 g/mol. The number of hydrogen-bond donors (Lipinski definition) is 1. The molecule has 1 aromatic carbocycles. The zero-order valence-corrected chi connectivity index (χ0v) is 21.3. The summed E-state index contributed by atoms with van der Waals surface area (Å²) in [5, 5.41) is 6.42. The molecule has 1 aliphatic heterocycles. The molecule has 3 unspecified atom stereocenters. The van der Waals surface area contributed by atoms with Gasteiger partial charge in [-0.1, -0.05) is 74.6 Å². The summed E-state index contributed by atoms with van der Waals surface area (Å²) < 4.78 is 2.34. The van der Waals surface area contributed by atoms with Gasteiger partial charge in [-0.3, -0.25) is 5.32 Å². The van der Waals surface area contributed by atoms with E-state index in [-0.39, 0.29) is 16.8 Å². The fourth-order valence-corrected chi connectivity index (χ4v) is 6.28. The molecule has 1 fully saturated rings. The Morgan fingerprint density at radius 2 is 2.00 bits per heavy atom. The summed E-state index contributed by atoms with van der Waals surface area (Å²) in [6.07, 6.45) is 7.91. The molecule has 0 amide bonds. The van der Waals surface area contributed by atoms with Gasteiger partial charge in [-0.2, -0.15) is 0 Å². The molecule has 0 bridgehead atoms. The van der Waals surface area contributed by atoms with Crippen molar-refractivity contribution in [1.82, 2.24) is 14.9 Å². The van der Waals surface area contributed by atoms with Crippen LogP contribution in [0.25, 0.3) is 11.4 Å². The van der Waals surface area contributed by atoms with E-state index in [4.69, 9.17) is 39.8 Å². The number of imidazole rings is 1. The van der Waals surface area contributed by atoms with Gasteiger partial charge in [0.1, 0.15) is 5.82 Å². The molecule has 1 aliphatic carbocycles. The van der Waals surface area contributed by atoms with Gasteiger partial charge in [0.2, 0.25) is 0 Å². The molecule has 1 N–H and O–H groups in total. The van der Waals surface area contributed by atoms with Crippen LogP contribution in [0.2, 0.25) is 10.0 Å². The Morgan fingerprint density at radius 1 is 1.23 bits per heavy atom. The van der Waals surface area contributed by atoms with Crippen molar-refractivity contribution < 1.29 is 0 Å². The van der Waals surface area contributed by atoms with Gasteiger partial charge < -0.3 is 4.57 Å². The first-order valence-electron chi connectivity index (χ1n) is 10.7. The van der Waals surface area contributed by atoms with Crippen LogP contribution < -0.4 is 5.32 Å². The van der Waals surface area contributed by atoms with E-state index in [1.807, 2.05) is 30.0 Å². The van der Waals surface area contributed by atoms with E-state index in [0.717, 1.165) is 41.5 Å². The van der Waals surface area contributed by atoms with Gasteiger partial charge in [0, 0.05) is 33.1 Å². The van der Waals surface area contributed by atoms with Crippen LogP contribution in [0.3, 0.4) is 0 Å². The van der Waals surface area contributed by atoms with Crippen molar-refractivity contribution in [2.75, 3.05) is 6.54 Å². The van der Waals surface area contributed by atoms with Crippen molar-refractivity contribution in [2.24, 2.45) is 5.41 Å².